The van der Waals surface area contributed by atoms with Gasteiger partial charge in [0.05, 0.1) is 22.9 Å². The molecule has 0 aliphatic carbocycles. The summed E-state index contributed by atoms with van der Waals surface area (Å²) >= 11 is 1.71. The van der Waals surface area contributed by atoms with Crippen LogP contribution in [0.15, 0.2) is 36.4 Å². The van der Waals surface area contributed by atoms with Crippen molar-refractivity contribution in [3.05, 3.63) is 58.7 Å². The minimum absolute atomic E-state index is 0.0168. The second-order valence-electron chi connectivity index (χ2n) is 7.20. The van der Waals surface area contributed by atoms with Crippen LogP contribution in [0.5, 0.6) is 0 Å². The third-order valence-electron chi connectivity index (χ3n) is 5.46. The summed E-state index contributed by atoms with van der Waals surface area (Å²) < 4.78 is 5.90. The number of anilines is 1. The van der Waals surface area contributed by atoms with Crippen LogP contribution in [0.3, 0.4) is 0 Å². The van der Waals surface area contributed by atoms with Crippen molar-refractivity contribution in [1.29, 1.82) is 0 Å². The Hall–Kier alpha value is -2.93. The zero-order valence-corrected chi connectivity index (χ0v) is 17.6. The van der Waals surface area contributed by atoms with Crippen molar-refractivity contribution in [1.82, 2.24) is 9.88 Å². The zero-order valence-electron chi connectivity index (χ0n) is 16.8. The fraction of sp³-hybridized carbons (Fsp3) is 0.318. The largest absolute Gasteiger partial charge is 0.465 e. The lowest BCUT2D eigenvalue weighted by Crippen LogP contribution is -2.48. The van der Waals surface area contributed by atoms with Gasteiger partial charge in [-0.05, 0) is 55.3 Å². The molecule has 1 fully saturated rings. The molecule has 2 aromatic carbocycles. The number of benzene rings is 2. The zero-order chi connectivity index (χ0) is 20.5. The molecule has 0 spiro atoms. The van der Waals surface area contributed by atoms with Crippen LogP contribution in [0, 0.1) is 13.8 Å². The molecule has 2 heterocycles. The fourth-order valence-corrected chi connectivity index (χ4v) is 4.58. The van der Waals surface area contributed by atoms with E-state index in [0.717, 1.165) is 23.7 Å². The molecule has 150 valence electrons. The lowest BCUT2D eigenvalue weighted by molar-refractivity contribution is 0.0599. The number of amides is 1. The molecule has 0 saturated carbocycles. The van der Waals surface area contributed by atoms with E-state index in [2.05, 4.69) is 30.9 Å². The number of aryl methyl sites for hydroxylation is 2. The number of esters is 1. The third kappa shape index (κ3) is 3.70. The molecule has 1 saturated heterocycles. The first-order valence-corrected chi connectivity index (χ1v) is 10.4. The van der Waals surface area contributed by atoms with Crippen LogP contribution in [-0.4, -0.2) is 55.0 Å². The molecule has 0 bridgehead atoms. The Bertz CT molecular complexity index is 1070. The van der Waals surface area contributed by atoms with Crippen LogP contribution in [0.4, 0.5) is 5.13 Å². The Balaban J connectivity index is 1.43. The molecule has 1 aliphatic rings. The normalized spacial score (nSPS) is 14.3. The van der Waals surface area contributed by atoms with E-state index >= 15 is 0 Å². The average molecular weight is 410 g/mol. The van der Waals surface area contributed by atoms with Crippen LogP contribution in [0.25, 0.3) is 10.2 Å². The summed E-state index contributed by atoms with van der Waals surface area (Å²) in [6, 6.07) is 10.9. The van der Waals surface area contributed by atoms with Gasteiger partial charge in [0.2, 0.25) is 0 Å². The first-order valence-electron chi connectivity index (χ1n) is 9.57. The number of carbonyl (C=O) groups excluding carboxylic acids is 2. The molecule has 1 aromatic heterocycles. The standard InChI is InChI=1S/C22H23N3O3S/c1-14-4-9-18-19(15(14)2)23-22(29-18)25-12-10-24(11-13-25)20(26)16-5-7-17(8-6-16)21(27)28-3/h4-9H,10-13H2,1-3H3. The van der Waals surface area contributed by atoms with Gasteiger partial charge in [0, 0.05) is 31.7 Å². The number of aromatic nitrogens is 1. The van der Waals surface area contributed by atoms with Crippen molar-refractivity contribution in [2.75, 3.05) is 38.2 Å². The van der Waals surface area contributed by atoms with Gasteiger partial charge in [0.25, 0.3) is 5.91 Å². The molecule has 3 aromatic rings. The lowest BCUT2D eigenvalue weighted by Gasteiger charge is -2.34. The number of rotatable bonds is 3. The fourth-order valence-electron chi connectivity index (χ4n) is 3.50. The maximum Gasteiger partial charge on any atom is 0.337 e. The second-order valence-corrected chi connectivity index (χ2v) is 8.21. The quantitative estimate of drug-likeness (QED) is 0.618. The molecule has 0 unspecified atom stereocenters. The Kier molecular flexibility index (Phi) is 5.24. The monoisotopic (exact) mass is 409 g/mol. The number of methoxy groups -OCH3 is 1. The summed E-state index contributed by atoms with van der Waals surface area (Å²) in [6.45, 7) is 7.02. The van der Waals surface area contributed by atoms with E-state index in [1.165, 1.54) is 22.9 Å². The van der Waals surface area contributed by atoms with E-state index in [1.807, 2.05) is 4.90 Å². The van der Waals surface area contributed by atoms with Gasteiger partial charge in [-0.15, -0.1) is 0 Å². The van der Waals surface area contributed by atoms with Gasteiger partial charge in [0.1, 0.15) is 0 Å². The predicted octanol–water partition coefficient (Wildman–Crippen LogP) is 3.66. The molecule has 7 heteroatoms. The van der Waals surface area contributed by atoms with Gasteiger partial charge in [-0.1, -0.05) is 17.4 Å². The van der Waals surface area contributed by atoms with Crippen LogP contribution in [0.2, 0.25) is 0 Å². The lowest BCUT2D eigenvalue weighted by atomic mass is 10.1. The number of hydrogen-bond acceptors (Lipinski definition) is 6. The summed E-state index contributed by atoms with van der Waals surface area (Å²) in [5, 5.41) is 1.02. The van der Waals surface area contributed by atoms with Crippen LogP contribution >= 0.6 is 11.3 Å². The summed E-state index contributed by atoms with van der Waals surface area (Å²) in [7, 11) is 1.34. The summed E-state index contributed by atoms with van der Waals surface area (Å²) in [4.78, 5) is 33.3. The van der Waals surface area contributed by atoms with Crippen molar-refractivity contribution in [3.8, 4) is 0 Å². The number of hydrogen-bond donors (Lipinski definition) is 0. The van der Waals surface area contributed by atoms with E-state index < -0.39 is 5.97 Å². The van der Waals surface area contributed by atoms with Crippen LogP contribution in [-0.2, 0) is 4.74 Å². The second kappa shape index (κ2) is 7.83. The Labute approximate surface area is 173 Å². The van der Waals surface area contributed by atoms with Crippen molar-refractivity contribution in [2.45, 2.75) is 13.8 Å². The third-order valence-corrected chi connectivity index (χ3v) is 6.55. The average Bonchev–Trinajstić information content (AvgIpc) is 3.20. The highest BCUT2D eigenvalue weighted by molar-refractivity contribution is 7.22. The molecular weight excluding hydrogens is 386 g/mol. The Morgan fingerprint density at radius 1 is 0.966 bits per heavy atom. The van der Waals surface area contributed by atoms with Gasteiger partial charge in [0.15, 0.2) is 5.13 Å². The highest BCUT2D eigenvalue weighted by atomic mass is 32.1. The first-order chi connectivity index (χ1) is 14.0. The minimum Gasteiger partial charge on any atom is -0.465 e. The molecule has 4 rings (SSSR count). The minimum atomic E-state index is -0.404. The molecule has 1 aliphatic heterocycles. The number of ether oxygens (including phenoxy) is 1. The van der Waals surface area contributed by atoms with Gasteiger partial charge >= 0.3 is 5.97 Å². The van der Waals surface area contributed by atoms with Crippen LogP contribution < -0.4 is 4.90 Å². The highest BCUT2D eigenvalue weighted by Gasteiger charge is 2.24. The summed E-state index contributed by atoms with van der Waals surface area (Å²) in [6.07, 6.45) is 0. The molecule has 6 nitrogen and oxygen atoms in total. The van der Waals surface area contributed by atoms with Crippen molar-refractivity contribution in [3.63, 3.8) is 0 Å². The molecule has 0 N–H and O–H groups in total. The molecule has 0 atom stereocenters. The number of fused-ring (bicyclic) bond motifs is 1. The summed E-state index contributed by atoms with van der Waals surface area (Å²) in [5.74, 6) is -0.421. The number of nitrogens with zero attached hydrogens (tertiary/aromatic N) is 3. The van der Waals surface area contributed by atoms with Gasteiger partial charge in [-0.2, -0.15) is 0 Å². The molecular formula is C22H23N3O3S. The van der Waals surface area contributed by atoms with E-state index in [9.17, 15) is 9.59 Å². The van der Waals surface area contributed by atoms with E-state index in [-0.39, 0.29) is 5.91 Å². The van der Waals surface area contributed by atoms with Gasteiger partial charge in [-0.3, -0.25) is 4.79 Å². The number of carbonyl (C=O) groups is 2. The van der Waals surface area contributed by atoms with Crippen molar-refractivity contribution < 1.29 is 14.3 Å². The van der Waals surface area contributed by atoms with E-state index in [0.29, 0.717) is 24.2 Å². The van der Waals surface area contributed by atoms with E-state index in [4.69, 9.17) is 9.72 Å². The Morgan fingerprint density at radius 2 is 1.62 bits per heavy atom. The van der Waals surface area contributed by atoms with Crippen molar-refractivity contribution >= 4 is 38.6 Å². The highest BCUT2D eigenvalue weighted by Crippen LogP contribution is 2.32. The van der Waals surface area contributed by atoms with Crippen LogP contribution in [0.1, 0.15) is 31.8 Å². The smallest absolute Gasteiger partial charge is 0.337 e. The molecule has 29 heavy (non-hydrogen) atoms. The maximum absolute atomic E-state index is 12.8. The Morgan fingerprint density at radius 3 is 2.28 bits per heavy atom. The topological polar surface area (TPSA) is 62.7 Å². The summed E-state index contributed by atoms with van der Waals surface area (Å²) in [5.41, 5.74) is 4.58. The van der Waals surface area contributed by atoms with Gasteiger partial charge in [-0.25, -0.2) is 9.78 Å². The molecule has 0 radical (unpaired) electrons. The van der Waals surface area contributed by atoms with E-state index in [1.54, 1.807) is 35.6 Å². The van der Waals surface area contributed by atoms with Gasteiger partial charge < -0.3 is 14.5 Å². The predicted molar refractivity (Wildman–Crippen MR) is 115 cm³/mol. The molecule has 1 amide bonds. The number of piperazine rings is 1. The van der Waals surface area contributed by atoms with Crippen molar-refractivity contribution in [2.24, 2.45) is 0 Å². The maximum atomic E-state index is 12.8. The number of thiazole rings is 1. The SMILES string of the molecule is COC(=O)c1ccc(C(=O)N2CCN(c3nc4c(C)c(C)ccc4s3)CC2)cc1. The first kappa shape index (κ1) is 19.4.